The molecule has 2 fully saturated rings. The molecule has 1 aliphatic heterocycles. The Hall–Kier alpha value is -0.580. The van der Waals surface area contributed by atoms with E-state index in [-0.39, 0.29) is 18.0 Å². The summed E-state index contributed by atoms with van der Waals surface area (Å²) in [6, 6.07) is 5.91. The van der Waals surface area contributed by atoms with Crippen molar-refractivity contribution in [3.8, 4) is 0 Å². The normalized spacial score (nSPS) is 27.9. The van der Waals surface area contributed by atoms with Crippen LogP contribution in [0.15, 0.2) is 22.7 Å². The molecule has 18 heavy (non-hydrogen) atoms. The molecule has 0 radical (unpaired) electrons. The molecule has 2 aliphatic rings. The SMILES string of the molecule is NC1CC(=O)N(C2CC2)C1c1ccc(Cl)cc1Br. The Morgan fingerprint density at radius 3 is 2.72 bits per heavy atom. The molecule has 1 aromatic rings. The van der Waals surface area contributed by atoms with Crippen LogP contribution in [0.1, 0.15) is 30.9 Å². The molecular formula is C13H14BrClN2O. The lowest BCUT2D eigenvalue weighted by Crippen LogP contribution is -2.34. The van der Waals surface area contributed by atoms with Gasteiger partial charge in [0.05, 0.1) is 6.04 Å². The number of hydrogen-bond acceptors (Lipinski definition) is 2. The molecule has 0 aromatic heterocycles. The number of likely N-dealkylation sites (tertiary alicyclic amines) is 1. The van der Waals surface area contributed by atoms with E-state index in [9.17, 15) is 4.79 Å². The van der Waals surface area contributed by atoms with E-state index >= 15 is 0 Å². The zero-order chi connectivity index (χ0) is 12.9. The van der Waals surface area contributed by atoms with Crippen LogP contribution in [0.3, 0.4) is 0 Å². The second-order valence-corrected chi connectivity index (χ2v) is 6.30. The van der Waals surface area contributed by atoms with E-state index in [0.29, 0.717) is 17.5 Å². The standard InChI is InChI=1S/C13H14BrClN2O/c14-10-5-7(15)1-4-9(10)13-11(16)6-12(18)17(13)8-2-3-8/h1,4-5,8,11,13H,2-3,6,16H2. The van der Waals surface area contributed by atoms with Crippen molar-refractivity contribution in [1.82, 2.24) is 4.90 Å². The number of rotatable bonds is 2. The highest BCUT2D eigenvalue weighted by Crippen LogP contribution is 2.43. The van der Waals surface area contributed by atoms with Crippen LogP contribution in [0.5, 0.6) is 0 Å². The highest BCUT2D eigenvalue weighted by molar-refractivity contribution is 9.10. The lowest BCUT2D eigenvalue weighted by Gasteiger charge is -2.28. The lowest BCUT2D eigenvalue weighted by atomic mass is 10.0. The van der Waals surface area contributed by atoms with E-state index in [1.165, 1.54) is 0 Å². The summed E-state index contributed by atoms with van der Waals surface area (Å²) in [6.07, 6.45) is 2.64. The molecule has 1 saturated heterocycles. The number of carbonyl (C=O) groups is 1. The van der Waals surface area contributed by atoms with Crippen molar-refractivity contribution < 1.29 is 4.79 Å². The molecular weight excluding hydrogens is 316 g/mol. The minimum atomic E-state index is -0.129. The molecule has 5 heteroatoms. The summed E-state index contributed by atoms with van der Waals surface area (Å²) in [5, 5.41) is 0.682. The van der Waals surface area contributed by atoms with E-state index in [0.717, 1.165) is 22.9 Å². The minimum absolute atomic E-state index is 0.0170. The largest absolute Gasteiger partial charge is 0.331 e. The average Bonchev–Trinajstić information content (AvgIpc) is 3.06. The molecule has 0 spiro atoms. The minimum Gasteiger partial charge on any atom is -0.331 e. The van der Waals surface area contributed by atoms with Crippen LogP contribution in [0.2, 0.25) is 5.02 Å². The number of benzene rings is 1. The lowest BCUT2D eigenvalue weighted by molar-refractivity contribution is -0.129. The summed E-state index contributed by atoms with van der Waals surface area (Å²) in [5.41, 5.74) is 7.21. The van der Waals surface area contributed by atoms with Gasteiger partial charge in [0.25, 0.3) is 0 Å². The van der Waals surface area contributed by atoms with Crippen molar-refractivity contribution in [1.29, 1.82) is 0 Å². The van der Waals surface area contributed by atoms with Gasteiger partial charge in [0.15, 0.2) is 0 Å². The van der Waals surface area contributed by atoms with Gasteiger partial charge < -0.3 is 10.6 Å². The summed E-state index contributed by atoms with van der Waals surface area (Å²) < 4.78 is 0.927. The molecule has 0 bridgehead atoms. The summed E-state index contributed by atoms with van der Waals surface area (Å²) in [5.74, 6) is 0.178. The van der Waals surface area contributed by atoms with E-state index in [1.807, 2.05) is 23.1 Å². The Bertz CT molecular complexity index is 504. The molecule has 1 aliphatic carbocycles. The molecule has 1 saturated carbocycles. The number of hydrogen-bond donors (Lipinski definition) is 1. The number of halogens is 2. The fraction of sp³-hybridized carbons (Fsp3) is 0.462. The number of amides is 1. The van der Waals surface area contributed by atoms with Crippen LogP contribution in [0, 0.1) is 0 Å². The molecule has 2 atom stereocenters. The molecule has 2 N–H and O–H groups in total. The zero-order valence-corrected chi connectivity index (χ0v) is 12.1. The maximum atomic E-state index is 12.0. The molecule has 1 amide bonds. The Morgan fingerprint density at radius 1 is 1.39 bits per heavy atom. The molecule has 3 rings (SSSR count). The van der Waals surface area contributed by atoms with Crippen molar-refractivity contribution in [3.63, 3.8) is 0 Å². The van der Waals surface area contributed by atoms with Gasteiger partial charge in [-0.3, -0.25) is 4.79 Å². The first-order valence-corrected chi connectivity index (χ1v) is 7.26. The summed E-state index contributed by atoms with van der Waals surface area (Å²) in [4.78, 5) is 14.0. The van der Waals surface area contributed by atoms with Crippen molar-refractivity contribution in [2.45, 2.75) is 37.4 Å². The van der Waals surface area contributed by atoms with E-state index < -0.39 is 0 Å². The van der Waals surface area contributed by atoms with Crippen LogP contribution in [0.4, 0.5) is 0 Å². The predicted molar refractivity (Wildman–Crippen MR) is 74.4 cm³/mol. The van der Waals surface area contributed by atoms with Gasteiger partial charge in [-0.15, -0.1) is 0 Å². The van der Waals surface area contributed by atoms with Crippen molar-refractivity contribution >= 4 is 33.4 Å². The van der Waals surface area contributed by atoms with Crippen LogP contribution in [0.25, 0.3) is 0 Å². The first-order valence-electron chi connectivity index (χ1n) is 6.09. The van der Waals surface area contributed by atoms with Crippen LogP contribution in [-0.4, -0.2) is 22.9 Å². The zero-order valence-electron chi connectivity index (χ0n) is 9.77. The maximum absolute atomic E-state index is 12.0. The van der Waals surface area contributed by atoms with Crippen LogP contribution < -0.4 is 5.73 Å². The quantitative estimate of drug-likeness (QED) is 0.907. The van der Waals surface area contributed by atoms with Crippen LogP contribution in [-0.2, 0) is 4.79 Å². The fourth-order valence-electron chi connectivity index (χ4n) is 2.69. The highest BCUT2D eigenvalue weighted by atomic mass is 79.9. The fourth-order valence-corrected chi connectivity index (χ4v) is 3.60. The summed E-state index contributed by atoms with van der Waals surface area (Å²) in [7, 11) is 0. The molecule has 3 nitrogen and oxygen atoms in total. The Labute approximate surface area is 119 Å². The number of carbonyl (C=O) groups excluding carboxylic acids is 1. The van der Waals surface area contributed by atoms with Gasteiger partial charge in [-0.2, -0.15) is 0 Å². The molecule has 1 heterocycles. The second kappa shape index (κ2) is 4.51. The van der Waals surface area contributed by atoms with E-state index in [1.54, 1.807) is 0 Å². The first-order chi connectivity index (χ1) is 8.58. The van der Waals surface area contributed by atoms with E-state index in [2.05, 4.69) is 15.9 Å². The van der Waals surface area contributed by atoms with Gasteiger partial charge in [0.2, 0.25) is 5.91 Å². The highest BCUT2D eigenvalue weighted by Gasteiger charge is 2.46. The third-order valence-corrected chi connectivity index (χ3v) is 4.55. The first kappa shape index (κ1) is 12.5. The Kier molecular flexibility index (Phi) is 3.12. The van der Waals surface area contributed by atoms with Crippen molar-refractivity contribution in [3.05, 3.63) is 33.3 Å². The molecule has 96 valence electrons. The van der Waals surface area contributed by atoms with Gasteiger partial charge >= 0.3 is 0 Å². The summed E-state index contributed by atoms with van der Waals surface area (Å²) >= 11 is 9.48. The van der Waals surface area contributed by atoms with Crippen molar-refractivity contribution in [2.24, 2.45) is 5.73 Å². The third kappa shape index (κ3) is 2.06. The number of nitrogens with two attached hydrogens (primary N) is 1. The van der Waals surface area contributed by atoms with Crippen molar-refractivity contribution in [2.75, 3.05) is 0 Å². The van der Waals surface area contributed by atoms with Gasteiger partial charge in [-0.05, 0) is 30.5 Å². The predicted octanol–water partition coefficient (Wildman–Crippen LogP) is 2.87. The van der Waals surface area contributed by atoms with Crippen LogP contribution >= 0.6 is 27.5 Å². The molecule has 1 aromatic carbocycles. The average molecular weight is 330 g/mol. The molecule has 2 unspecified atom stereocenters. The summed E-state index contributed by atoms with van der Waals surface area (Å²) in [6.45, 7) is 0. The Balaban J connectivity index is 2.00. The third-order valence-electron chi connectivity index (χ3n) is 3.62. The topological polar surface area (TPSA) is 46.3 Å². The monoisotopic (exact) mass is 328 g/mol. The number of nitrogens with zero attached hydrogens (tertiary/aromatic N) is 1. The van der Waals surface area contributed by atoms with Gasteiger partial charge in [0.1, 0.15) is 0 Å². The van der Waals surface area contributed by atoms with Gasteiger partial charge in [-0.1, -0.05) is 33.6 Å². The van der Waals surface area contributed by atoms with E-state index in [4.69, 9.17) is 17.3 Å². The Morgan fingerprint density at radius 2 is 2.11 bits per heavy atom. The maximum Gasteiger partial charge on any atom is 0.225 e. The van der Waals surface area contributed by atoms with Gasteiger partial charge in [-0.25, -0.2) is 0 Å². The van der Waals surface area contributed by atoms with Gasteiger partial charge in [0, 0.05) is 28.0 Å². The second-order valence-electron chi connectivity index (χ2n) is 5.01. The smallest absolute Gasteiger partial charge is 0.225 e.